The largest absolute Gasteiger partial charge is 0.483 e. The highest BCUT2D eigenvalue weighted by Gasteiger charge is 2.50. The highest BCUT2D eigenvalue weighted by Crippen LogP contribution is 2.49. The van der Waals surface area contributed by atoms with E-state index in [0.29, 0.717) is 10.6 Å². The number of ether oxygens (including phenoxy) is 1. The van der Waals surface area contributed by atoms with Gasteiger partial charge in [-0.05, 0) is 54.3 Å². The summed E-state index contributed by atoms with van der Waals surface area (Å²) in [6, 6.07) is 22.0. The molecule has 0 radical (unpaired) electrons. The smallest absolute Gasteiger partial charge is 0.143 e. The van der Waals surface area contributed by atoms with Crippen LogP contribution in [0.1, 0.15) is 35.6 Å². The molecule has 1 fully saturated rings. The standard InChI is InChI=1S/C24H21BrClNO2/c25-18-7-8-20(26)19(13-18)23(28)17-6-9-22-21(12-17)27(15-24(29-22)10-11-24)14-16-4-2-1-3-5-16/h1-9,12-13,23,28H,10-11,14-15H2. The lowest BCUT2D eigenvalue weighted by Gasteiger charge is -2.37. The van der Waals surface area contributed by atoms with E-state index in [-0.39, 0.29) is 5.60 Å². The van der Waals surface area contributed by atoms with Crippen molar-refractivity contribution in [3.63, 3.8) is 0 Å². The maximum Gasteiger partial charge on any atom is 0.143 e. The quantitative estimate of drug-likeness (QED) is 0.499. The number of halogens is 2. The van der Waals surface area contributed by atoms with Crippen molar-refractivity contribution in [2.45, 2.75) is 31.1 Å². The van der Waals surface area contributed by atoms with Gasteiger partial charge in [0.15, 0.2) is 0 Å². The molecule has 1 heterocycles. The van der Waals surface area contributed by atoms with E-state index < -0.39 is 6.10 Å². The first kappa shape index (κ1) is 19.0. The summed E-state index contributed by atoms with van der Waals surface area (Å²) in [5.41, 5.74) is 3.73. The molecule has 148 valence electrons. The maximum absolute atomic E-state index is 11.0. The predicted octanol–water partition coefficient (Wildman–Crippen LogP) is 6.12. The van der Waals surface area contributed by atoms with Crippen LogP contribution in [0.4, 0.5) is 5.69 Å². The first-order valence-electron chi connectivity index (χ1n) is 9.78. The molecule has 1 spiro atoms. The van der Waals surface area contributed by atoms with Crippen LogP contribution in [0.3, 0.4) is 0 Å². The van der Waals surface area contributed by atoms with Gasteiger partial charge in [-0.25, -0.2) is 0 Å². The van der Waals surface area contributed by atoms with Crippen LogP contribution in [-0.4, -0.2) is 17.3 Å². The van der Waals surface area contributed by atoms with E-state index in [0.717, 1.165) is 47.4 Å². The van der Waals surface area contributed by atoms with Crippen molar-refractivity contribution in [1.29, 1.82) is 0 Å². The van der Waals surface area contributed by atoms with E-state index in [1.54, 1.807) is 6.07 Å². The first-order valence-corrected chi connectivity index (χ1v) is 10.9. The molecule has 1 unspecified atom stereocenters. The number of fused-ring (bicyclic) bond motifs is 1. The fourth-order valence-electron chi connectivity index (χ4n) is 3.98. The molecule has 1 saturated carbocycles. The van der Waals surface area contributed by atoms with Crippen LogP contribution in [-0.2, 0) is 6.54 Å². The molecule has 3 aromatic carbocycles. The van der Waals surface area contributed by atoms with Crippen LogP contribution in [0, 0.1) is 0 Å². The van der Waals surface area contributed by atoms with Gasteiger partial charge in [-0.15, -0.1) is 0 Å². The minimum absolute atomic E-state index is 0.0461. The Morgan fingerprint density at radius 3 is 2.62 bits per heavy atom. The second-order valence-corrected chi connectivity index (χ2v) is 9.25. The molecule has 0 amide bonds. The lowest BCUT2D eigenvalue weighted by Crippen LogP contribution is -2.41. The highest BCUT2D eigenvalue weighted by atomic mass is 79.9. The topological polar surface area (TPSA) is 32.7 Å². The number of aliphatic hydroxyl groups is 1. The van der Waals surface area contributed by atoms with Crippen LogP contribution >= 0.6 is 27.5 Å². The summed E-state index contributed by atoms with van der Waals surface area (Å²) in [5, 5.41) is 11.6. The van der Waals surface area contributed by atoms with Crippen molar-refractivity contribution in [2.24, 2.45) is 0 Å². The van der Waals surface area contributed by atoms with Gasteiger partial charge >= 0.3 is 0 Å². The Labute approximate surface area is 184 Å². The zero-order chi connectivity index (χ0) is 20.0. The summed E-state index contributed by atoms with van der Waals surface area (Å²) in [5.74, 6) is 0.890. The van der Waals surface area contributed by atoms with Crippen molar-refractivity contribution in [2.75, 3.05) is 11.4 Å². The third kappa shape index (κ3) is 3.77. The number of aliphatic hydroxyl groups excluding tert-OH is 1. The molecule has 3 aromatic rings. The van der Waals surface area contributed by atoms with Crippen molar-refractivity contribution in [3.05, 3.63) is 92.9 Å². The van der Waals surface area contributed by atoms with Gasteiger partial charge in [-0.1, -0.05) is 63.9 Å². The predicted molar refractivity (Wildman–Crippen MR) is 120 cm³/mol. The van der Waals surface area contributed by atoms with E-state index in [4.69, 9.17) is 16.3 Å². The number of rotatable bonds is 4. The van der Waals surface area contributed by atoms with E-state index in [2.05, 4.69) is 45.1 Å². The highest BCUT2D eigenvalue weighted by molar-refractivity contribution is 9.10. The molecule has 1 N–H and O–H groups in total. The van der Waals surface area contributed by atoms with Crippen LogP contribution in [0.25, 0.3) is 0 Å². The molecule has 1 aliphatic heterocycles. The maximum atomic E-state index is 11.0. The number of hydrogen-bond acceptors (Lipinski definition) is 3. The molecule has 5 rings (SSSR count). The Balaban J connectivity index is 1.51. The van der Waals surface area contributed by atoms with Crippen LogP contribution in [0.5, 0.6) is 5.75 Å². The average molecular weight is 471 g/mol. The molecule has 2 aliphatic rings. The number of anilines is 1. The Hall–Kier alpha value is -2.01. The van der Waals surface area contributed by atoms with Gasteiger partial charge in [0.1, 0.15) is 17.5 Å². The molecular weight excluding hydrogens is 450 g/mol. The van der Waals surface area contributed by atoms with Gasteiger partial charge in [-0.3, -0.25) is 0 Å². The van der Waals surface area contributed by atoms with Crippen LogP contribution < -0.4 is 9.64 Å². The number of benzene rings is 3. The SMILES string of the molecule is OC(c1ccc2c(c1)N(Cc1ccccc1)CC1(CC1)O2)c1cc(Br)ccc1Cl. The van der Waals surface area contributed by atoms with Gasteiger partial charge < -0.3 is 14.7 Å². The van der Waals surface area contributed by atoms with Gasteiger partial charge in [-0.2, -0.15) is 0 Å². The van der Waals surface area contributed by atoms with E-state index in [1.807, 2.05) is 36.4 Å². The normalized spacial score (nSPS) is 17.6. The molecule has 1 atom stereocenters. The van der Waals surface area contributed by atoms with E-state index >= 15 is 0 Å². The summed E-state index contributed by atoms with van der Waals surface area (Å²) in [4.78, 5) is 2.37. The third-order valence-corrected chi connectivity index (χ3v) is 6.56. The summed E-state index contributed by atoms with van der Waals surface area (Å²) < 4.78 is 7.21. The molecule has 0 aromatic heterocycles. The van der Waals surface area contributed by atoms with Crippen molar-refractivity contribution < 1.29 is 9.84 Å². The molecule has 3 nitrogen and oxygen atoms in total. The van der Waals surface area contributed by atoms with Gasteiger partial charge in [0.2, 0.25) is 0 Å². The molecular formula is C24H21BrClNO2. The zero-order valence-corrected chi connectivity index (χ0v) is 18.2. The Kier molecular flexibility index (Phi) is 4.81. The molecule has 0 bridgehead atoms. The molecule has 29 heavy (non-hydrogen) atoms. The van der Waals surface area contributed by atoms with Crippen molar-refractivity contribution in [1.82, 2.24) is 0 Å². The first-order chi connectivity index (χ1) is 14.0. The summed E-state index contributed by atoms with van der Waals surface area (Å²) in [7, 11) is 0. The minimum atomic E-state index is -0.805. The lowest BCUT2D eigenvalue weighted by atomic mass is 9.99. The third-order valence-electron chi connectivity index (χ3n) is 5.72. The van der Waals surface area contributed by atoms with Crippen LogP contribution in [0.15, 0.2) is 71.2 Å². The fourth-order valence-corrected chi connectivity index (χ4v) is 4.58. The van der Waals surface area contributed by atoms with Gasteiger partial charge in [0.05, 0.1) is 12.2 Å². The second kappa shape index (κ2) is 7.35. The summed E-state index contributed by atoms with van der Waals surface area (Å²) >= 11 is 9.82. The van der Waals surface area contributed by atoms with E-state index in [9.17, 15) is 5.11 Å². The monoisotopic (exact) mass is 469 g/mol. The second-order valence-electron chi connectivity index (χ2n) is 7.92. The number of hydrogen-bond donors (Lipinski definition) is 1. The van der Waals surface area contributed by atoms with Crippen LogP contribution in [0.2, 0.25) is 5.02 Å². The Bertz CT molecular complexity index is 1050. The zero-order valence-electron chi connectivity index (χ0n) is 15.8. The molecule has 5 heteroatoms. The Morgan fingerprint density at radius 1 is 1.07 bits per heavy atom. The van der Waals surface area contributed by atoms with Gasteiger partial charge in [0.25, 0.3) is 0 Å². The van der Waals surface area contributed by atoms with Crippen molar-refractivity contribution in [3.8, 4) is 5.75 Å². The fraction of sp³-hybridized carbons (Fsp3) is 0.250. The summed E-state index contributed by atoms with van der Waals surface area (Å²) in [6.07, 6.45) is 1.38. The molecule has 1 aliphatic carbocycles. The summed E-state index contributed by atoms with van der Waals surface area (Å²) in [6.45, 7) is 1.68. The lowest BCUT2D eigenvalue weighted by molar-refractivity contribution is 0.170. The number of nitrogens with zero attached hydrogens (tertiary/aromatic N) is 1. The van der Waals surface area contributed by atoms with Crippen molar-refractivity contribution >= 4 is 33.2 Å². The Morgan fingerprint density at radius 2 is 1.86 bits per heavy atom. The van der Waals surface area contributed by atoms with E-state index in [1.165, 1.54) is 5.56 Å². The average Bonchev–Trinajstić information content (AvgIpc) is 3.48. The molecule has 0 saturated heterocycles. The van der Waals surface area contributed by atoms with Gasteiger partial charge in [0, 0.05) is 21.6 Å². The minimum Gasteiger partial charge on any atom is -0.483 e.